The molecule has 3 nitrogen and oxygen atoms in total. The molecule has 0 aliphatic carbocycles. The first-order valence-corrected chi connectivity index (χ1v) is 6.53. The Morgan fingerprint density at radius 3 is 2.83 bits per heavy atom. The quantitative estimate of drug-likeness (QED) is 0.792. The lowest BCUT2D eigenvalue weighted by Gasteiger charge is -2.03. The molecule has 1 heterocycles. The molecule has 1 aromatic heterocycles. The monoisotopic (exact) mass is 243 g/mol. The highest BCUT2D eigenvalue weighted by molar-refractivity contribution is 5.64. The van der Waals surface area contributed by atoms with Crippen molar-refractivity contribution in [2.75, 3.05) is 6.54 Å². The number of nitrogens with zero attached hydrogens (tertiary/aromatic N) is 1. The largest absolute Gasteiger partial charge is 0.311 e. The van der Waals surface area contributed by atoms with Crippen LogP contribution in [0, 0.1) is 13.8 Å². The van der Waals surface area contributed by atoms with Crippen LogP contribution in [0.2, 0.25) is 0 Å². The van der Waals surface area contributed by atoms with E-state index in [1.165, 1.54) is 16.7 Å². The van der Waals surface area contributed by atoms with E-state index in [0.29, 0.717) is 0 Å². The van der Waals surface area contributed by atoms with Crippen molar-refractivity contribution in [1.29, 1.82) is 0 Å². The lowest BCUT2D eigenvalue weighted by molar-refractivity contribution is 0.662. The van der Waals surface area contributed by atoms with Gasteiger partial charge in [0, 0.05) is 17.8 Å². The van der Waals surface area contributed by atoms with E-state index in [2.05, 4.69) is 60.6 Å². The third-order valence-corrected chi connectivity index (χ3v) is 3.04. The first-order chi connectivity index (χ1) is 8.70. The maximum atomic E-state index is 4.40. The van der Waals surface area contributed by atoms with Crippen molar-refractivity contribution < 1.29 is 0 Å². The molecule has 0 bridgehead atoms. The molecule has 18 heavy (non-hydrogen) atoms. The Morgan fingerprint density at radius 2 is 2.06 bits per heavy atom. The predicted octanol–water partition coefficient (Wildman–Crippen LogP) is 3.19. The normalized spacial score (nSPS) is 10.8. The van der Waals surface area contributed by atoms with Crippen molar-refractivity contribution in [1.82, 2.24) is 15.5 Å². The fourth-order valence-electron chi connectivity index (χ4n) is 2.00. The summed E-state index contributed by atoms with van der Waals surface area (Å²) in [6, 6.07) is 8.60. The molecule has 0 fully saturated rings. The molecule has 96 valence electrons. The van der Waals surface area contributed by atoms with Crippen LogP contribution < -0.4 is 5.32 Å². The Labute approximate surface area is 109 Å². The molecule has 0 unspecified atom stereocenters. The van der Waals surface area contributed by atoms with Crippen LogP contribution in [0.25, 0.3) is 11.3 Å². The minimum atomic E-state index is 0.853. The lowest BCUT2D eigenvalue weighted by Crippen LogP contribution is -2.13. The third kappa shape index (κ3) is 2.99. The number of aryl methyl sites for hydroxylation is 2. The van der Waals surface area contributed by atoms with Crippen LogP contribution in [-0.2, 0) is 6.54 Å². The minimum Gasteiger partial charge on any atom is -0.311 e. The zero-order valence-electron chi connectivity index (χ0n) is 11.4. The molecular formula is C15H21N3. The van der Waals surface area contributed by atoms with Crippen molar-refractivity contribution in [3.05, 3.63) is 41.1 Å². The highest BCUT2D eigenvalue weighted by Crippen LogP contribution is 2.23. The third-order valence-electron chi connectivity index (χ3n) is 3.04. The summed E-state index contributed by atoms with van der Waals surface area (Å²) < 4.78 is 0. The van der Waals surface area contributed by atoms with Crippen molar-refractivity contribution >= 4 is 0 Å². The second kappa shape index (κ2) is 5.83. The van der Waals surface area contributed by atoms with Gasteiger partial charge in [0.15, 0.2) is 0 Å². The Balaban J connectivity index is 2.16. The number of rotatable bonds is 5. The number of aromatic amines is 1. The van der Waals surface area contributed by atoms with Crippen molar-refractivity contribution in [2.24, 2.45) is 0 Å². The Kier molecular flexibility index (Phi) is 4.15. The molecule has 2 aromatic rings. The highest BCUT2D eigenvalue weighted by Gasteiger charge is 2.06. The standard InChI is InChI=1S/C15H21N3/c1-4-7-16-10-13-9-15(18-17-13)14-8-11(2)5-6-12(14)3/h5-6,8-9,16H,4,7,10H2,1-3H3,(H,17,18). The van der Waals surface area contributed by atoms with E-state index in [1.807, 2.05) is 0 Å². The van der Waals surface area contributed by atoms with Crippen LogP contribution in [0.4, 0.5) is 0 Å². The summed E-state index contributed by atoms with van der Waals surface area (Å²) in [6.45, 7) is 8.29. The van der Waals surface area contributed by atoms with Gasteiger partial charge in [0.2, 0.25) is 0 Å². The smallest absolute Gasteiger partial charge is 0.0926 e. The highest BCUT2D eigenvalue weighted by atomic mass is 15.1. The number of aromatic nitrogens is 2. The maximum absolute atomic E-state index is 4.40. The van der Waals surface area contributed by atoms with Crippen LogP contribution in [0.3, 0.4) is 0 Å². The molecule has 0 aliphatic heterocycles. The zero-order valence-corrected chi connectivity index (χ0v) is 11.4. The number of nitrogens with one attached hydrogen (secondary N) is 2. The molecule has 0 amide bonds. The van der Waals surface area contributed by atoms with E-state index in [-0.39, 0.29) is 0 Å². The average Bonchev–Trinajstić information content (AvgIpc) is 2.81. The molecule has 0 radical (unpaired) electrons. The Hall–Kier alpha value is -1.61. The number of benzene rings is 1. The van der Waals surface area contributed by atoms with Gasteiger partial charge in [0.1, 0.15) is 0 Å². The molecule has 0 aliphatic rings. The van der Waals surface area contributed by atoms with Crippen LogP contribution >= 0.6 is 0 Å². The summed E-state index contributed by atoms with van der Waals surface area (Å²) >= 11 is 0. The first kappa shape index (κ1) is 12.8. The lowest BCUT2D eigenvalue weighted by atomic mass is 10.0. The first-order valence-electron chi connectivity index (χ1n) is 6.53. The van der Waals surface area contributed by atoms with Crippen LogP contribution in [0.5, 0.6) is 0 Å². The maximum Gasteiger partial charge on any atom is 0.0926 e. The molecule has 2 rings (SSSR count). The van der Waals surface area contributed by atoms with Gasteiger partial charge in [0.05, 0.1) is 5.69 Å². The Bertz CT molecular complexity index is 514. The second-order valence-corrected chi connectivity index (χ2v) is 4.77. The van der Waals surface area contributed by atoms with E-state index in [4.69, 9.17) is 0 Å². The summed E-state index contributed by atoms with van der Waals surface area (Å²) in [6.07, 6.45) is 1.15. The fourth-order valence-corrected chi connectivity index (χ4v) is 2.00. The van der Waals surface area contributed by atoms with Crippen molar-refractivity contribution in [3.8, 4) is 11.3 Å². The topological polar surface area (TPSA) is 40.7 Å². The van der Waals surface area contributed by atoms with E-state index in [0.717, 1.165) is 30.9 Å². The summed E-state index contributed by atoms with van der Waals surface area (Å²) in [7, 11) is 0. The SMILES string of the molecule is CCCNCc1cc(-c2cc(C)ccc2C)n[nH]1. The van der Waals surface area contributed by atoms with Crippen molar-refractivity contribution in [3.63, 3.8) is 0 Å². The van der Waals surface area contributed by atoms with Gasteiger partial charge in [-0.3, -0.25) is 5.10 Å². The van der Waals surface area contributed by atoms with Crippen LogP contribution in [0.1, 0.15) is 30.2 Å². The van der Waals surface area contributed by atoms with E-state index in [1.54, 1.807) is 0 Å². The van der Waals surface area contributed by atoms with Gasteiger partial charge in [-0.2, -0.15) is 5.10 Å². The van der Waals surface area contributed by atoms with Crippen LogP contribution in [-0.4, -0.2) is 16.7 Å². The summed E-state index contributed by atoms with van der Waals surface area (Å²) in [4.78, 5) is 0. The minimum absolute atomic E-state index is 0.853. The molecule has 0 spiro atoms. The molecular weight excluding hydrogens is 222 g/mol. The second-order valence-electron chi connectivity index (χ2n) is 4.77. The van der Waals surface area contributed by atoms with E-state index in [9.17, 15) is 0 Å². The molecule has 3 heteroatoms. The van der Waals surface area contributed by atoms with Crippen LogP contribution in [0.15, 0.2) is 24.3 Å². The van der Waals surface area contributed by atoms with E-state index < -0.39 is 0 Å². The fraction of sp³-hybridized carbons (Fsp3) is 0.400. The van der Waals surface area contributed by atoms with Gasteiger partial charge in [-0.05, 0) is 44.5 Å². The summed E-state index contributed by atoms with van der Waals surface area (Å²) in [5, 5.41) is 10.9. The number of hydrogen-bond donors (Lipinski definition) is 2. The number of H-pyrrole nitrogens is 1. The summed E-state index contributed by atoms with van der Waals surface area (Å²) in [5.41, 5.74) is 5.92. The summed E-state index contributed by atoms with van der Waals surface area (Å²) in [5.74, 6) is 0. The average molecular weight is 243 g/mol. The van der Waals surface area contributed by atoms with Gasteiger partial charge in [0.25, 0.3) is 0 Å². The van der Waals surface area contributed by atoms with Gasteiger partial charge >= 0.3 is 0 Å². The molecule has 0 saturated carbocycles. The molecule has 2 N–H and O–H groups in total. The zero-order chi connectivity index (χ0) is 13.0. The van der Waals surface area contributed by atoms with Crippen molar-refractivity contribution in [2.45, 2.75) is 33.7 Å². The van der Waals surface area contributed by atoms with E-state index >= 15 is 0 Å². The predicted molar refractivity (Wildman–Crippen MR) is 75.5 cm³/mol. The van der Waals surface area contributed by atoms with Gasteiger partial charge in [-0.1, -0.05) is 24.6 Å². The van der Waals surface area contributed by atoms with Gasteiger partial charge < -0.3 is 5.32 Å². The molecule has 0 saturated heterocycles. The van der Waals surface area contributed by atoms with Gasteiger partial charge in [-0.15, -0.1) is 0 Å². The number of hydrogen-bond acceptors (Lipinski definition) is 2. The Morgan fingerprint density at radius 1 is 1.22 bits per heavy atom. The van der Waals surface area contributed by atoms with Gasteiger partial charge in [-0.25, -0.2) is 0 Å². The molecule has 1 aromatic carbocycles. The molecule has 0 atom stereocenters.